The topological polar surface area (TPSA) is 92.8 Å². The van der Waals surface area contributed by atoms with Crippen LogP contribution in [0.25, 0.3) is 0 Å². The molecule has 8 heteroatoms. The molecule has 1 fully saturated rings. The molecule has 0 aliphatic carbocycles. The predicted molar refractivity (Wildman–Crippen MR) is 114 cm³/mol. The number of methoxy groups -OCH3 is 1. The van der Waals surface area contributed by atoms with Crippen molar-refractivity contribution in [2.24, 2.45) is 0 Å². The average molecular weight is 431 g/mol. The lowest BCUT2D eigenvalue weighted by atomic mass is 10.0. The molecule has 1 N–H and O–H groups in total. The van der Waals surface area contributed by atoms with E-state index in [1.807, 2.05) is 12.1 Å². The molecule has 2 aromatic rings. The number of sulfonamides is 1. The number of rotatable bonds is 6. The van der Waals surface area contributed by atoms with Crippen LogP contribution in [0.15, 0.2) is 47.4 Å². The molecule has 1 aliphatic heterocycles. The van der Waals surface area contributed by atoms with Crippen molar-refractivity contribution >= 4 is 27.5 Å². The molecular weight excluding hydrogens is 404 g/mol. The average Bonchev–Trinajstić information content (AvgIpc) is 3.10. The van der Waals surface area contributed by atoms with Crippen LogP contribution < -0.4 is 10.1 Å². The molecule has 7 nitrogen and oxygen atoms in total. The minimum absolute atomic E-state index is 0.00125. The van der Waals surface area contributed by atoms with Crippen molar-refractivity contribution in [1.29, 1.82) is 0 Å². The summed E-state index contributed by atoms with van der Waals surface area (Å²) in [5, 5.41) is 2.74. The third-order valence-electron chi connectivity index (χ3n) is 5.23. The second-order valence-electron chi connectivity index (χ2n) is 7.65. The second kappa shape index (κ2) is 8.47. The summed E-state index contributed by atoms with van der Waals surface area (Å²) < 4.78 is 32.2. The highest BCUT2D eigenvalue weighted by molar-refractivity contribution is 7.89. The number of amides is 2. The Morgan fingerprint density at radius 2 is 1.83 bits per heavy atom. The zero-order valence-electron chi connectivity index (χ0n) is 17.5. The maximum Gasteiger partial charge on any atom is 0.267 e. The summed E-state index contributed by atoms with van der Waals surface area (Å²) >= 11 is 0. The minimum atomic E-state index is -4.17. The highest BCUT2D eigenvalue weighted by Gasteiger charge is 2.44. The van der Waals surface area contributed by atoms with Gasteiger partial charge in [0.1, 0.15) is 11.8 Å². The fraction of sp³-hybridized carbons (Fsp3) is 0.364. The first-order valence-electron chi connectivity index (χ1n) is 9.78. The van der Waals surface area contributed by atoms with Gasteiger partial charge < -0.3 is 10.1 Å². The molecule has 0 saturated carbocycles. The summed E-state index contributed by atoms with van der Waals surface area (Å²) in [4.78, 5) is 25.2. The SMILES string of the molecule is COc1ccc(S(=O)(=O)N2C(=O)CC[C@H]2C(=O)Nc2ccc(C(C)C)cc2)cc1C. The van der Waals surface area contributed by atoms with E-state index in [0.29, 0.717) is 27.2 Å². The molecule has 30 heavy (non-hydrogen) atoms. The molecule has 0 aromatic heterocycles. The lowest BCUT2D eigenvalue weighted by Gasteiger charge is -2.24. The van der Waals surface area contributed by atoms with Crippen LogP contribution in [-0.2, 0) is 19.6 Å². The van der Waals surface area contributed by atoms with E-state index >= 15 is 0 Å². The number of ether oxygens (including phenoxy) is 1. The van der Waals surface area contributed by atoms with Gasteiger partial charge in [0.25, 0.3) is 10.0 Å². The fourth-order valence-corrected chi connectivity index (χ4v) is 5.19. The number of anilines is 1. The molecule has 0 bridgehead atoms. The summed E-state index contributed by atoms with van der Waals surface area (Å²) in [7, 11) is -2.68. The van der Waals surface area contributed by atoms with Crippen molar-refractivity contribution in [3.63, 3.8) is 0 Å². The highest BCUT2D eigenvalue weighted by Crippen LogP contribution is 2.30. The Balaban J connectivity index is 1.85. The maximum atomic E-state index is 13.2. The first kappa shape index (κ1) is 21.8. The maximum absolute atomic E-state index is 13.2. The highest BCUT2D eigenvalue weighted by atomic mass is 32.2. The van der Waals surface area contributed by atoms with Crippen LogP contribution in [0.2, 0.25) is 0 Å². The molecule has 2 amide bonds. The number of nitrogens with one attached hydrogen (secondary N) is 1. The van der Waals surface area contributed by atoms with E-state index in [1.54, 1.807) is 19.1 Å². The molecule has 0 unspecified atom stereocenters. The lowest BCUT2D eigenvalue weighted by molar-refractivity contribution is -0.128. The third-order valence-corrected chi connectivity index (χ3v) is 7.06. The smallest absolute Gasteiger partial charge is 0.267 e. The number of benzene rings is 2. The molecule has 0 spiro atoms. The first-order valence-corrected chi connectivity index (χ1v) is 11.2. The van der Waals surface area contributed by atoms with Crippen LogP contribution >= 0.6 is 0 Å². The second-order valence-corrected chi connectivity index (χ2v) is 9.46. The number of nitrogens with zero attached hydrogens (tertiary/aromatic N) is 1. The Hall–Kier alpha value is -2.87. The predicted octanol–water partition coefficient (Wildman–Crippen LogP) is 3.45. The van der Waals surface area contributed by atoms with E-state index in [2.05, 4.69) is 19.2 Å². The first-order chi connectivity index (χ1) is 14.1. The van der Waals surface area contributed by atoms with Crippen LogP contribution in [0.3, 0.4) is 0 Å². The van der Waals surface area contributed by atoms with Crippen LogP contribution in [0.5, 0.6) is 5.75 Å². The summed E-state index contributed by atoms with van der Waals surface area (Å²) in [6.07, 6.45) is 0.141. The number of hydrogen-bond acceptors (Lipinski definition) is 5. The zero-order valence-corrected chi connectivity index (χ0v) is 18.3. The third kappa shape index (κ3) is 4.18. The van der Waals surface area contributed by atoms with E-state index < -0.39 is 27.9 Å². The Labute approximate surface area is 177 Å². The van der Waals surface area contributed by atoms with Gasteiger partial charge in [-0.1, -0.05) is 26.0 Å². The Bertz CT molecular complexity index is 1060. The van der Waals surface area contributed by atoms with Gasteiger partial charge in [0, 0.05) is 12.1 Å². The van der Waals surface area contributed by atoms with Gasteiger partial charge in [-0.3, -0.25) is 9.59 Å². The van der Waals surface area contributed by atoms with Crippen molar-refractivity contribution in [2.75, 3.05) is 12.4 Å². The van der Waals surface area contributed by atoms with E-state index in [9.17, 15) is 18.0 Å². The molecular formula is C22H26N2O5S. The van der Waals surface area contributed by atoms with E-state index in [0.717, 1.165) is 5.56 Å². The molecule has 1 heterocycles. The lowest BCUT2D eigenvalue weighted by Crippen LogP contribution is -2.45. The van der Waals surface area contributed by atoms with Crippen LogP contribution in [0.1, 0.15) is 43.7 Å². The largest absolute Gasteiger partial charge is 0.496 e. The Kier molecular flexibility index (Phi) is 6.17. The molecule has 160 valence electrons. The molecule has 2 aromatic carbocycles. The quantitative estimate of drug-likeness (QED) is 0.758. The summed E-state index contributed by atoms with van der Waals surface area (Å²) in [6.45, 7) is 5.86. The van der Waals surface area contributed by atoms with Crippen LogP contribution in [0, 0.1) is 6.92 Å². The van der Waals surface area contributed by atoms with E-state index in [4.69, 9.17) is 4.74 Å². The van der Waals surface area contributed by atoms with E-state index in [-0.39, 0.29) is 17.7 Å². The normalized spacial score (nSPS) is 16.8. The van der Waals surface area contributed by atoms with Gasteiger partial charge in [0.05, 0.1) is 12.0 Å². The Morgan fingerprint density at radius 3 is 2.40 bits per heavy atom. The van der Waals surface area contributed by atoms with E-state index in [1.165, 1.54) is 25.3 Å². The fourth-order valence-electron chi connectivity index (χ4n) is 3.50. The van der Waals surface area contributed by atoms with Gasteiger partial charge in [-0.2, -0.15) is 0 Å². The number of carbonyl (C=O) groups is 2. The summed E-state index contributed by atoms with van der Waals surface area (Å²) in [5.74, 6) is -0.206. The number of carbonyl (C=O) groups excluding carboxylic acids is 2. The summed E-state index contributed by atoms with van der Waals surface area (Å²) in [6, 6.07) is 10.6. The van der Waals surface area contributed by atoms with Crippen LogP contribution in [-0.4, -0.2) is 37.7 Å². The van der Waals surface area contributed by atoms with Crippen LogP contribution in [0.4, 0.5) is 5.69 Å². The van der Waals surface area contributed by atoms with Gasteiger partial charge in [0.15, 0.2) is 0 Å². The monoisotopic (exact) mass is 430 g/mol. The van der Waals surface area contributed by atoms with Gasteiger partial charge in [-0.05, 0) is 60.7 Å². The van der Waals surface area contributed by atoms with Crippen molar-refractivity contribution in [2.45, 2.75) is 50.5 Å². The van der Waals surface area contributed by atoms with Crippen molar-refractivity contribution in [1.82, 2.24) is 4.31 Å². The number of hydrogen-bond donors (Lipinski definition) is 1. The van der Waals surface area contributed by atoms with Gasteiger partial charge >= 0.3 is 0 Å². The Morgan fingerprint density at radius 1 is 1.17 bits per heavy atom. The number of aryl methyl sites for hydroxylation is 1. The molecule has 3 rings (SSSR count). The standard InChI is InChI=1S/C22H26N2O5S/c1-14(2)16-5-7-17(8-6-16)23-22(26)19-10-12-21(25)24(19)30(27,28)18-9-11-20(29-4)15(3)13-18/h5-9,11,13-14,19H,10,12H2,1-4H3,(H,23,26)/t19-/m0/s1. The van der Waals surface area contributed by atoms with Gasteiger partial charge in [-0.25, -0.2) is 12.7 Å². The minimum Gasteiger partial charge on any atom is -0.496 e. The van der Waals surface area contributed by atoms with Crippen molar-refractivity contribution in [3.05, 3.63) is 53.6 Å². The molecule has 1 aliphatic rings. The van der Waals surface area contributed by atoms with Crippen molar-refractivity contribution < 1.29 is 22.7 Å². The van der Waals surface area contributed by atoms with Crippen molar-refractivity contribution in [3.8, 4) is 5.75 Å². The molecule has 1 saturated heterocycles. The zero-order chi connectivity index (χ0) is 22.1. The molecule has 1 atom stereocenters. The van der Waals surface area contributed by atoms with Gasteiger partial charge in [0.2, 0.25) is 11.8 Å². The van der Waals surface area contributed by atoms with Gasteiger partial charge in [-0.15, -0.1) is 0 Å². The summed E-state index contributed by atoms with van der Waals surface area (Å²) in [5.41, 5.74) is 2.31. The molecule has 0 radical (unpaired) electrons.